The van der Waals surface area contributed by atoms with Gasteiger partial charge in [0.25, 0.3) is 5.91 Å². The van der Waals surface area contributed by atoms with Crippen molar-refractivity contribution in [2.24, 2.45) is 0 Å². The van der Waals surface area contributed by atoms with Crippen molar-refractivity contribution in [1.82, 2.24) is 4.40 Å². The number of benzene rings is 2. The van der Waals surface area contributed by atoms with Gasteiger partial charge in [-0.2, -0.15) is 0 Å². The van der Waals surface area contributed by atoms with Crippen molar-refractivity contribution in [2.75, 3.05) is 19.0 Å². The summed E-state index contributed by atoms with van der Waals surface area (Å²) in [5.74, 6) is -0.151. The van der Waals surface area contributed by atoms with Gasteiger partial charge in [0.15, 0.2) is 0 Å². The highest BCUT2D eigenvalue weighted by Gasteiger charge is 2.22. The Morgan fingerprint density at radius 3 is 2.66 bits per heavy atom. The Morgan fingerprint density at radius 2 is 1.86 bits per heavy atom. The number of ether oxygens (including phenoxy) is 2. The first-order valence-electron chi connectivity index (χ1n) is 9.27. The van der Waals surface area contributed by atoms with E-state index in [9.17, 15) is 9.59 Å². The Labute approximate surface area is 167 Å². The van der Waals surface area contributed by atoms with Gasteiger partial charge in [0.2, 0.25) is 0 Å². The summed E-state index contributed by atoms with van der Waals surface area (Å²) >= 11 is 0. The number of amides is 1. The summed E-state index contributed by atoms with van der Waals surface area (Å²) in [5.41, 5.74) is 1.95. The molecule has 146 valence electrons. The number of hydrogen-bond acceptors (Lipinski definition) is 4. The van der Waals surface area contributed by atoms with Gasteiger partial charge in [-0.3, -0.25) is 4.79 Å². The van der Waals surface area contributed by atoms with Crippen molar-refractivity contribution in [3.63, 3.8) is 0 Å². The minimum atomic E-state index is -0.457. The van der Waals surface area contributed by atoms with E-state index in [1.165, 1.54) is 0 Å². The molecule has 6 nitrogen and oxygen atoms in total. The molecule has 6 heteroatoms. The zero-order chi connectivity index (χ0) is 20.4. The molecule has 0 radical (unpaired) electrons. The van der Waals surface area contributed by atoms with E-state index in [2.05, 4.69) is 5.32 Å². The van der Waals surface area contributed by atoms with Crippen molar-refractivity contribution in [3.8, 4) is 5.75 Å². The van der Waals surface area contributed by atoms with Gasteiger partial charge in [-0.05, 0) is 36.6 Å². The number of hydrogen-bond donors (Lipinski definition) is 1. The number of pyridine rings is 1. The molecule has 0 aliphatic heterocycles. The van der Waals surface area contributed by atoms with Gasteiger partial charge in [0, 0.05) is 23.3 Å². The molecule has 0 atom stereocenters. The van der Waals surface area contributed by atoms with Gasteiger partial charge >= 0.3 is 5.97 Å². The van der Waals surface area contributed by atoms with Crippen molar-refractivity contribution in [3.05, 3.63) is 78.1 Å². The van der Waals surface area contributed by atoms with E-state index in [1.54, 1.807) is 55.0 Å². The lowest BCUT2D eigenvalue weighted by molar-refractivity contribution is 0.0529. The maximum atomic E-state index is 13.0. The zero-order valence-electron chi connectivity index (χ0n) is 16.1. The number of aromatic nitrogens is 1. The maximum absolute atomic E-state index is 13.0. The predicted molar refractivity (Wildman–Crippen MR) is 112 cm³/mol. The molecule has 0 saturated carbocycles. The normalized spacial score (nSPS) is 10.8. The first-order chi connectivity index (χ1) is 14.1. The van der Waals surface area contributed by atoms with Gasteiger partial charge in [-0.1, -0.05) is 30.3 Å². The summed E-state index contributed by atoms with van der Waals surface area (Å²) in [6.07, 6.45) is 1.79. The van der Waals surface area contributed by atoms with Gasteiger partial charge < -0.3 is 19.2 Å². The van der Waals surface area contributed by atoms with Crippen LogP contribution in [-0.4, -0.2) is 30.0 Å². The number of anilines is 1. The summed E-state index contributed by atoms with van der Waals surface area (Å²) in [4.78, 5) is 25.6. The highest BCUT2D eigenvalue weighted by atomic mass is 16.5. The lowest BCUT2D eigenvalue weighted by Crippen LogP contribution is -2.14. The smallest absolute Gasteiger partial charge is 0.340 e. The second-order valence-corrected chi connectivity index (χ2v) is 6.47. The van der Waals surface area contributed by atoms with Crippen LogP contribution in [0.4, 0.5) is 5.69 Å². The van der Waals surface area contributed by atoms with E-state index in [1.807, 2.05) is 30.3 Å². The van der Waals surface area contributed by atoms with Crippen LogP contribution >= 0.6 is 0 Å². The van der Waals surface area contributed by atoms with Crippen LogP contribution in [0.3, 0.4) is 0 Å². The van der Waals surface area contributed by atoms with E-state index in [0.717, 1.165) is 10.8 Å². The molecule has 0 spiro atoms. The van der Waals surface area contributed by atoms with E-state index in [-0.39, 0.29) is 12.5 Å². The standard InChI is InChI=1S/C23H20N2O4/c1-3-29-23(27)19-14-20(22(26)24-16-8-6-9-17(13-16)28-2)25-12-11-15-7-4-5-10-18(15)21(19)25/h4-14H,3H2,1-2H3,(H,24,26). The van der Waals surface area contributed by atoms with E-state index >= 15 is 0 Å². The van der Waals surface area contributed by atoms with Gasteiger partial charge in [0.05, 0.1) is 24.8 Å². The van der Waals surface area contributed by atoms with Crippen molar-refractivity contribution in [2.45, 2.75) is 6.92 Å². The first kappa shape index (κ1) is 18.6. The topological polar surface area (TPSA) is 69.0 Å². The minimum Gasteiger partial charge on any atom is -0.497 e. The fourth-order valence-electron chi connectivity index (χ4n) is 3.40. The summed E-state index contributed by atoms with van der Waals surface area (Å²) < 4.78 is 12.2. The van der Waals surface area contributed by atoms with Crippen molar-refractivity contribution < 1.29 is 19.1 Å². The summed E-state index contributed by atoms with van der Waals surface area (Å²) in [5, 5.41) is 4.71. The molecule has 0 unspecified atom stereocenters. The van der Waals surface area contributed by atoms with E-state index < -0.39 is 5.97 Å². The number of esters is 1. The van der Waals surface area contributed by atoms with Gasteiger partial charge in [-0.25, -0.2) is 4.79 Å². The Morgan fingerprint density at radius 1 is 1.03 bits per heavy atom. The third kappa shape index (κ3) is 3.40. The van der Waals surface area contributed by atoms with Crippen LogP contribution in [0.5, 0.6) is 5.75 Å². The van der Waals surface area contributed by atoms with E-state index in [4.69, 9.17) is 9.47 Å². The van der Waals surface area contributed by atoms with Crippen LogP contribution in [-0.2, 0) is 4.74 Å². The van der Waals surface area contributed by atoms with Gasteiger partial charge in [-0.15, -0.1) is 0 Å². The summed E-state index contributed by atoms with van der Waals surface area (Å²) in [7, 11) is 1.57. The maximum Gasteiger partial charge on any atom is 0.340 e. The van der Waals surface area contributed by atoms with Crippen molar-refractivity contribution in [1.29, 1.82) is 0 Å². The average Bonchev–Trinajstić information content (AvgIpc) is 3.14. The van der Waals surface area contributed by atoms with Crippen LogP contribution in [0.15, 0.2) is 66.9 Å². The molecule has 2 aromatic carbocycles. The number of nitrogens with one attached hydrogen (secondary N) is 1. The average molecular weight is 388 g/mol. The third-order valence-electron chi connectivity index (χ3n) is 4.71. The minimum absolute atomic E-state index is 0.256. The summed E-state index contributed by atoms with van der Waals surface area (Å²) in [6.45, 7) is 2.01. The molecule has 29 heavy (non-hydrogen) atoms. The third-order valence-corrected chi connectivity index (χ3v) is 4.71. The molecule has 0 saturated heterocycles. The Kier molecular flexibility index (Phi) is 4.91. The molecule has 2 heterocycles. The Hall–Kier alpha value is -3.80. The molecule has 2 aromatic heterocycles. The molecular formula is C23H20N2O4. The van der Waals surface area contributed by atoms with Crippen LogP contribution in [0.1, 0.15) is 27.8 Å². The molecule has 1 N–H and O–H groups in total. The highest BCUT2D eigenvalue weighted by Crippen LogP contribution is 2.28. The fraction of sp³-hybridized carbons (Fsp3) is 0.130. The first-order valence-corrected chi connectivity index (χ1v) is 9.27. The summed E-state index contributed by atoms with van der Waals surface area (Å²) in [6, 6.07) is 18.3. The van der Waals surface area contributed by atoms with Gasteiger partial charge in [0.1, 0.15) is 11.4 Å². The zero-order valence-corrected chi connectivity index (χ0v) is 16.1. The number of nitrogens with zero attached hydrogens (tertiary/aromatic N) is 1. The molecule has 4 rings (SSSR count). The molecule has 1 amide bonds. The second-order valence-electron chi connectivity index (χ2n) is 6.47. The molecule has 0 fully saturated rings. The number of carbonyl (C=O) groups is 2. The number of rotatable bonds is 5. The van der Waals surface area contributed by atoms with Crippen LogP contribution < -0.4 is 10.1 Å². The molecule has 0 bridgehead atoms. The SMILES string of the molecule is CCOC(=O)c1cc(C(=O)Nc2cccc(OC)c2)n2ccc3ccccc3c12. The monoisotopic (exact) mass is 388 g/mol. The number of methoxy groups -OCH3 is 1. The molecule has 0 aliphatic rings. The van der Waals surface area contributed by atoms with E-state index in [0.29, 0.717) is 28.2 Å². The quantitative estimate of drug-likeness (QED) is 0.510. The van der Waals surface area contributed by atoms with Crippen molar-refractivity contribution >= 4 is 33.9 Å². The fourth-order valence-corrected chi connectivity index (χ4v) is 3.40. The van der Waals surface area contributed by atoms with Crippen LogP contribution in [0.25, 0.3) is 16.3 Å². The molecule has 0 aliphatic carbocycles. The molecular weight excluding hydrogens is 368 g/mol. The number of fused-ring (bicyclic) bond motifs is 3. The Bertz CT molecular complexity index is 1230. The van der Waals surface area contributed by atoms with Crippen LogP contribution in [0, 0.1) is 0 Å². The molecule has 4 aromatic rings. The second kappa shape index (κ2) is 7.67. The largest absolute Gasteiger partial charge is 0.497 e. The van der Waals surface area contributed by atoms with Crippen LogP contribution in [0.2, 0.25) is 0 Å². The highest BCUT2D eigenvalue weighted by molar-refractivity contribution is 6.13. The lowest BCUT2D eigenvalue weighted by atomic mass is 10.1. The number of carbonyl (C=O) groups excluding carboxylic acids is 2. The predicted octanol–water partition coefficient (Wildman–Crippen LogP) is 4.53. The Balaban J connectivity index is 1.84. The lowest BCUT2D eigenvalue weighted by Gasteiger charge is -2.08.